The van der Waals surface area contributed by atoms with Crippen molar-refractivity contribution in [3.63, 3.8) is 0 Å². The van der Waals surface area contributed by atoms with Crippen molar-refractivity contribution in [2.24, 2.45) is 0 Å². The second-order valence-corrected chi connectivity index (χ2v) is 9.20. The highest BCUT2D eigenvalue weighted by Gasteiger charge is 2.22. The van der Waals surface area contributed by atoms with Crippen molar-refractivity contribution in [2.45, 2.75) is 32.1 Å². The zero-order valence-corrected chi connectivity index (χ0v) is 18.0. The number of nitrogens with zero attached hydrogens (tertiary/aromatic N) is 4. The van der Waals surface area contributed by atoms with E-state index in [0.29, 0.717) is 0 Å². The molecule has 0 aliphatic heterocycles. The summed E-state index contributed by atoms with van der Waals surface area (Å²) in [5.41, 5.74) is 3.44. The Morgan fingerprint density at radius 3 is 2.40 bits per heavy atom. The van der Waals surface area contributed by atoms with Gasteiger partial charge in [0.25, 0.3) is 0 Å². The molecule has 0 fully saturated rings. The van der Waals surface area contributed by atoms with Crippen LogP contribution in [0, 0.1) is 4.64 Å². The largest absolute Gasteiger partial charge is 0.250 e. The molecule has 0 N–H and O–H groups in total. The fourth-order valence-electron chi connectivity index (χ4n) is 4.40. The fraction of sp³-hybridized carbons (Fsp3) is 0.208. The molecule has 0 radical (unpaired) electrons. The summed E-state index contributed by atoms with van der Waals surface area (Å²) in [4.78, 5) is 7.62. The highest BCUT2D eigenvalue weighted by Crippen LogP contribution is 2.37. The second-order valence-electron chi connectivity index (χ2n) is 7.73. The molecule has 0 bridgehead atoms. The number of para-hydroxylation sites is 1. The molecule has 1 aliphatic rings. The third-order valence-corrected chi connectivity index (χ3v) is 7.42. The maximum Gasteiger partial charge on any atom is 0.239 e. The summed E-state index contributed by atoms with van der Waals surface area (Å²) in [6.07, 6.45) is 6.01. The minimum Gasteiger partial charge on any atom is -0.250 e. The van der Waals surface area contributed by atoms with Crippen LogP contribution in [0.3, 0.4) is 0 Å². The van der Waals surface area contributed by atoms with Gasteiger partial charge in [-0.15, -0.1) is 16.4 Å². The molecule has 30 heavy (non-hydrogen) atoms. The van der Waals surface area contributed by atoms with Crippen LogP contribution in [-0.4, -0.2) is 19.2 Å². The maximum absolute atomic E-state index is 6.11. The van der Waals surface area contributed by atoms with Crippen molar-refractivity contribution in [1.29, 1.82) is 0 Å². The van der Waals surface area contributed by atoms with E-state index < -0.39 is 0 Å². The van der Waals surface area contributed by atoms with Gasteiger partial charge in [0, 0.05) is 10.4 Å². The van der Waals surface area contributed by atoms with Crippen LogP contribution in [0.15, 0.2) is 60.7 Å². The molecule has 0 saturated carbocycles. The smallest absolute Gasteiger partial charge is 0.239 e. The molecule has 0 spiro atoms. The van der Waals surface area contributed by atoms with Gasteiger partial charge in [0.2, 0.25) is 5.78 Å². The first kappa shape index (κ1) is 18.0. The maximum atomic E-state index is 6.11. The summed E-state index contributed by atoms with van der Waals surface area (Å²) in [5.74, 6) is 1.61. The number of hydrogen-bond acceptors (Lipinski definition) is 4. The average Bonchev–Trinajstić information content (AvgIpc) is 3.26. The monoisotopic (exact) mass is 428 g/mol. The average molecular weight is 429 g/mol. The molecule has 148 valence electrons. The molecule has 0 saturated heterocycles. The van der Waals surface area contributed by atoms with Gasteiger partial charge in [-0.2, -0.15) is 4.68 Å². The molecule has 4 nitrogen and oxygen atoms in total. The zero-order chi connectivity index (χ0) is 20.1. The lowest BCUT2D eigenvalue weighted by Crippen LogP contribution is -2.00. The molecule has 3 heterocycles. The minimum absolute atomic E-state index is 0.772. The summed E-state index contributed by atoms with van der Waals surface area (Å²) >= 11 is 7.92. The predicted molar refractivity (Wildman–Crippen MR) is 125 cm³/mol. The second kappa shape index (κ2) is 7.15. The number of thiophene rings is 1. The number of aromatic nitrogens is 4. The van der Waals surface area contributed by atoms with Gasteiger partial charge < -0.3 is 0 Å². The zero-order valence-electron chi connectivity index (χ0n) is 16.4. The van der Waals surface area contributed by atoms with Crippen LogP contribution in [-0.2, 0) is 12.8 Å². The first-order chi connectivity index (χ1) is 14.8. The normalized spacial score (nSPS) is 14.1. The molecular formula is C24H20N4S2. The topological polar surface area (TPSA) is 35.1 Å². The molecule has 3 aromatic heterocycles. The Bertz CT molecular complexity index is 1430. The van der Waals surface area contributed by atoms with Crippen molar-refractivity contribution in [3.8, 4) is 17.1 Å². The summed E-state index contributed by atoms with van der Waals surface area (Å²) in [7, 11) is 0. The molecule has 2 aromatic carbocycles. The van der Waals surface area contributed by atoms with Crippen molar-refractivity contribution in [1.82, 2.24) is 19.2 Å². The molecule has 6 rings (SSSR count). The minimum atomic E-state index is 0.772. The van der Waals surface area contributed by atoms with Gasteiger partial charge in [-0.25, -0.2) is 9.38 Å². The lowest BCUT2D eigenvalue weighted by atomic mass is 10.1. The van der Waals surface area contributed by atoms with E-state index in [1.807, 2.05) is 52.4 Å². The summed E-state index contributed by atoms with van der Waals surface area (Å²) in [6.45, 7) is 0. The summed E-state index contributed by atoms with van der Waals surface area (Å²) < 4.78 is 4.82. The Kier molecular flexibility index (Phi) is 4.28. The van der Waals surface area contributed by atoms with Gasteiger partial charge in [0.15, 0.2) is 5.82 Å². The highest BCUT2D eigenvalue weighted by atomic mass is 32.1. The van der Waals surface area contributed by atoms with E-state index in [0.717, 1.165) is 50.6 Å². The Labute approximate surface area is 183 Å². The Hall–Kier alpha value is -2.83. The van der Waals surface area contributed by atoms with E-state index in [1.165, 1.54) is 29.7 Å². The van der Waals surface area contributed by atoms with Crippen molar-refractivity contribution >= 4 is 39.5 Å². The molecule has 5 aromatic rings. The van der Waals surface area contributed by atoms with Crippen LogP contribution in [0.1, 0.15) is 29.7 Å². The van der Waals surface area contributed by atoms with E-state index >= 15 is 0 Å². The Morgan fingerprint density at radius 2 is 1.60 bits per heavy atom. The van der Waals surface area contributed by atoms with Crippen molar-refractivity contribution < 1.29 is 0 Å². The summed E-state index contributed by atoms with van der Waals surface area (Å²) in [5, 5.41) is 6.14. The van der Waals surface area contributed by atoms with Gasteiger partial charge >= 0.3 is 0 Å². The van der Waals surface area contributed by atoms with E-state index in [4.69, 9.17) is 22.3 Å². The van der Waals surface area contributed by atoms with E-state index in [1.54, 1.807) is 0 Å². The van der Waals surface area contributed by atoms with Crippen LogP contribution < -0.4 is 0 Å². The first-order valence-electron chi connectivity index (χ1n) is 10.4. The number of hydrogen-bond donors (Lipinski definition) is 0. The molecule has 0 amide bonds. The van der Waals surface area contributed by atoms with E-state index in [2.05, 4.69) is 28.7 Å². The summed E-state index contributed by atoms with van der Waals surface area (Å²) in [6, 6.07) is 20.4. The van der Waals surface area contributed by atoms with Gasteiger partial charge in [0.1, 0.15) is 9.47 Å². The SMILES string of the molecule is S=c1c2c3c(sc2nc2n(-c4ccccc4)nc(-c4ccccc4)n12)CCCCC3. The van der Waals surface area contributed by atoms with Crippen molar-refractivity contribution in [2.75, 3.05) is 0 Å². The number of aryl methyl sites for hydroxylation is 2. The van der Waals surface area contributed by atoms with Crippen LogP contribution in [0.2, 0.25) is 0 Å². The van der Waals surface area contributed by atoms with E-state index in [9.17, 15) is 0 Å². The number of benzene rings is 2. The van der Waals surface area contributed by atoms with Gasteiger partial charge in [-0.1, -0.05) is 67.2 Å². The standard InChI is InChI=1S/C24H20N4S2/c29-23-20-18-14-8-3-9-15-19(18)30-22(20)25-24-27(23)21(16-10-4-1-5-11-16)26-28(24)17-12-6-2-7-13-17/h1-2,4-7,10-13H,3,8-9,14-15H2. The predicted octanol–water partition coefficient (Wildman–Crippen LogP) is 6.40. The number of rotatable bonds is 2. The van der Waals surface area contributed by atoms with Crippen LogP contribution in [0.4, 0.5) is 0 Å². The van der Waals surface area contributed by atoms with Gasteiger partial charge in [-0.05, 0) is 43.4 Å². The molecule has 1 aliphatic carbocycles. The van der Waals surface area contributed by atoms with Crippen molar-refractivity contribution in [3.05, 3.63) is 75.7 Å². The lowest BCUT2D eigenvalue weighted by Gasteiger charge is -2.04. The third kappa shape index (κ3) is 2.75. The fourth-order valence-corrected chi connectivity index (χ4v) is 6.11. The van der Waals surface area contributed by atoms with Gasteiger partial charge in [-0.3, -0.25) is 0 Å². The number of fused-ring (bicyclic) bond motifs is 4. The molecule has 0 unspecified atom stereocenters. The van der Waals surface area contributed by atoms with Crippen LogP contribution >= 0.6 is 23.6 Å². The Balaban J connectivity index is 1.74. The van der Waals surface area contributed by atoms with Crippen LogP contribution in [0.5, 0.6) is 0 Å². The van der Waals surface area contributed by atoms with Gasteiger partial charge in [0.05, 0.1) is 11.1 Å². The Morgan fingerprint density at radius 1 is 0.867 bits per heavy atom. The molecular weight excluding hydrogens is 408 g/mol. The molecule has 6 heteroatoms. The third-order valence-electron chi connectivity index (χ3n) is 5.85. The van der Waals surface area contributed by atoms with Crippen LogP contribution in [0.25, 0.3) is 33.1 Å². The highest BCUT2D eigenvalue weighted by molar-refractivity contribution is 7.71. The quantitative estimate of drug-likeness (QED) is 0.241. The molecule has 0 atom stereocenters. The van der Waals surface area contributed by atoms with E-state index in [-0.39, 0.29) is 0 Å². The lowest BCUT2D eigenvalue weighted by molar-refractivity contribution is 0.713. The first-order valence-corrected chi connectivity index (χ1v) is 11.6.